The predicted molar refractivity (Wildman–Crippen MR) is 66.5 cm³/mol. The van der Waals surface area contributed by atoms with Gasteiger partial charge >= 0.3 is 0 Å². The van der Waals surface area contributed by atoms with E-state index in [2.05, 4.69) is 25.9 Å². The van der Waals surface area contributed by atoms with Gasteiger partial charge in [-0.05, 0) is 22.0 Å². The summed E-state index contributed by atoms with van der Waals surface area (Å²) in [6.07, 6.45) is 1.60. The van der Waals surface area contributed by atoms with Crippen molar-refractivity contribution in [2.45, 2.75) is 19.8 Å². The predicted octanol–water partition coefficient (Wildman–Crippen LogP) is 4.28. The van der Waals surface area contributed by atoms with Gasteiger partial charge in [0.25, 0.3) is 0 Å². The average molecular weight is 302 g/mol. The largest absolute Gasteiger partial charge is 0.461 e. The molecule has 0 saturated carbocycles. The van der Waals surface area contributed by atoms with Crippen LogP contribution >= 0.6 is 27.5 Å². The van der Waals surface area contributed by atoms with Crippen LogP contribution in [0.4, 0.5) is 0 Å². The van der Waals surface area contributed by atoms with E-state index < -0.39 is 0 Å². The maximum atomic E-state index is 5.96. The lowest BCUT2D eigenvalue weighted by molar-refractivity contribution is 0.577. The summed E-state index contributed by atoms with van der Waals surface area (Å²) in [7, 11) is 0. The van der Waals surface area contributed by atoms with Crippen LogP contribution in [-0.4, -0.2) is 9.97 Å². The summed E-state index contributed by atoms with van der Waals surface area (Å²) in [6, 6.07) is 3.51. The molecule has 0 fully saturated rings. The monoisotopic (exact) mass is 300 g/mol. The maximum absolute atomic E-state index is 5.96. The van der Waals surface area contributed by atoms with Crippen LogP contribution in [0.5, 0.6) is 0 Å². The molecule has 2 heterocycles. The van der Waals surface area contributed by atoms with Gasteiger partial charge in [-0.1, -0.05) is 25.4 Å². The zero-order valence-electron chi connectivity index (χ0n) is 8.87. The number of hydrogen-bond donors (Lipinski definition) is 0. The first-order valence-corrected chi connectivity index (χ1v) is 6.03. The fourth-order valence-corrected chi connectivity index (χ4v) is 1.88. The minimum atomic E-state index is 0.228. The fraction of sp³-hybridized carbons (Fsp3) is 0.273. The molecule has 0 amide bonds. The molecule has 2 aromatic rings. The Bertz CT molecular complexity index is 510. The van der Waals surface area contributed by atoms with Gasteiger partial charge in [0.05, 0.1) is 10.7 Å². The molecule has 0 saturated heterocycles. The lowest BCUT2D eigenvalue weighted by Crippen LogP contribution is -1.99. The van der Waals surface area contributed by atoms with Crippen molar-refractivity contribution in [3.8, 4) is 11.5 Å². The van der Waals surface area contributed by atoms with E-state index in [1.807, 2.05) is 19.9 Å². The quantitative estimate of drug-likeness (QED) is 0.777. The summed E-state index contributed by atoms with van der Waals surface area (Å²) in [5, 5.41) is 0.428. The van der Waals surface area contributed by atoms with E-state index in [0.29, 0.717) is 22.4 Å². The fourth-order valence-electron chi connectivity index (χ4n) is 1.29. The molecule has 2 rings (SSSR count). The van der Waals surface area contributed by atoms with Gasteiger partial charge in [0.1, 0.15) is 16.7 Å². The molecule has 16 heavy (non-hydrogen) atoms. The molecule has 3 nitrogen and oxygen atoms in total. The molecule has 0 unspecified atom stereocenters. The van der Waals surface area contributed by atoms with E-state index in [0.717, 1.165) is 4.47 Å². The Hall–Kier alpha value is -0.870. The van der Waals surface area contributed by atoms with Gasteiger partial charge in [-0.2, -0.15) is 0 Å². The van der Waals surface area contributed by atoms with Gasteiger partial charge in [-0.25, -0.2) is 9.97 Å². The molecule has 0 bridgehead atoms. The molecular weight excluding hydrogens is 291 g/mol. The van der Waals surface area contributed by atoms with E-state index >= 15 is 0 Å². The highest BCUT2D eigenvalue weighted by Gasteiger charge is 2.13. The highest BCUT2D eigenvalue weighted by Crippen LogP contribution is 2.29. The van der Waals surface area contributed by atoms with E-state index in [1.165, 1.54) is 0 Å². The number of rotatable bonds is 2. The van der Waals surface area contributed by atoms with Crippen molar-refractivity contribution in [1.29, 1.82) is 0 Å². The molecule has 84 valence electrons. The molecular formula is C11H10BrClN2O. The molecule has 2 aromatic heterocycles. The van der Waals surface area contributed by atoms with Crippen molar-refractivity contribution < 1.29 is 4.42 Å². The second kappa shape index (κ2) is 4.55. The number of furan rings is 1. The standard InChI is InChI=1S/C11H10BrClN2O/c1-6(2)11-14-8(5-9(13)15-11)10-7(12)3-4-16-10/h3-6H,1-2H3. The third kappa shape index (κ3) is 2.28. The Labute approximate surface area is 107 Å². The molecule has 0 spiro atoms. The molecule has 5 heteroatoms. The summed E-state index contributed by atoms with van der Waals surface area (Å²) < 4.78 is 6.20. The van der Waals surface area contributed by atoms with Crippen LogP contribution in [0.2, 0.25) is 5.15 Å². The summed E-state index contributed by atoms with van der Waals surface area (Å²) in [6.45, 7) is 4.04. The Kier molecular flexibility index (Phi) is 3.30. The summed E-state index contributed by atoms with van der Waals surface area (Å²) >= 11 is 9.35. The second-order valence-electron chi connectivity index (χ2n) is 3.69. The molecule has 0 aliphatic rings. The Balaban J connectivity index is 2.54. The minimum absolute atomic E-state index is 0.228. The van der Waals surface area contributed by atoms with Gasteiger partial charge in [-0.3, -0.25) is 0 Å². The Morgan fingerprint density at radius 1 is 1.38 bits per heavy atom. The van der Waals surface area contributed by atoms with Crippen LogP contribution in [0.3, 0.4) is 0 Å². The van der Waals surface area contributed by atoms with Crippen LogP contribution < -0.4 is 0 Å². The van der Waals surface area contributed by atoms with Crippen molar-refractivity contribution in [2.75, 3.05) is 0 Å². The zero-order chi connectivity index (χ0) is 11.7. The van der Waals surface area contributed by atoms with Crippen LogP contribution in [0.1, 0.15) is 25.6 Å². The molecule has 0 aliphatic heterocycles. The van der Waals surface area contributed by atoms with Crippen molar-refractivity contribution in [3.05, 3.63) is 33.8 Å². The summed E-state index contributed by atoms with van der Waals surface area (Å²) in [4.78, 5) is 8.59. The van der Waals surface area contributed by atoms with Crippen LogP contribution in [-0.2, 0) is 0 Å². The first-order chi connectivity index (χ1) is 7.58. The molecule has 0 N–H and O–H groups in total. The minimum Gasteiger partial charge on any atom is -0.461 e. The van der Waals surface area contributed by atoms with E-state index in [-0.39, 0.29) is 5.92 Å². The number of halogens is 2. The van der Waals surface area contributed by atoms with Gasteiger partial charge in [0, 0.05) is 12.0 Å². The topological polar surface area (TPSA) is 38.9 Å². The average Bonchev–Trinajstić information content (AvgIpc) is 2.63. The highest BCUT2D eigenvalue weighted by molar-refractivity contribution is 9.10. The van der Waals surface area contributed by atoms with E-state index in [4.69, 9.17) is 16.0 Å². The van der Waals surface area contributed by atoms with Crippen molar-refractivity contribution in [1.82, 2.24) is 9.97 Å². The van der Waals surface area contributed by atoms with Crippen molar-refractivity contribution in [3.63, 3.8) is 0 Å². The van der Waals surface area contributed by atoms with Crippen molar-refractivity contribution in [2.24, 2.45) is 0 Å². The van der Waals surface area contributed by atoms with E-state index in [9.17, 15) is 0 Å². The number of hydrogen-bond acceptors (Lipinski definition) is 3. The summed E-state index contributed by atoms with van der Waals surface area (Å²) in [5.74, 6) is 1.61. The molecule has 0 aromatic carbocycles. The van der Waals surface area contributed by atoms with Crippen LogP contribution in [0, 0.1) is 0 Å². The molecule has 0 radical (unpaired) electrons. The van der Waals surface area contributed by atoms with Gasteiger partial charge in [0.2, 0.25) is 0 Å². The molecule has 0 aliphatic carbocycles. The van der Waals surface area contributed by atoms with Gasteiger partial charge < -0.3 is 4.42 Å². The highest BCUT2D eigenvalue weighted by atomic mass is 79.9. The van der Waals surface area contributed by atoms with Crippen LogP contribution in [0.25, 0.3) is 11.5 Å². The summed E-state index contributed by atoms with van der Waals surface area (Å²) in [5.41, 5.74) is 0.695. The third-order valence-electron chi connectivity index (χ3n) is 2.08. The first kappa shape index (κ1) is 11.6. The van der Waals surface area contributed by atoms with Gasteiger partial charge in [-0.15, -0.1) is 0 Å². The van der Waals surface area contributed by atoms with Crippen LogP contribution in [0.15, 0.2) is 27.3 Å². The second-order valence-corrected chi connectivity index (χ2v) is 4.93. The molecule has 0 atom stereocenters. The smallest absolute Gasteiger partial charge is 0.166 e. The number of aromatic nitrogens is 2. The zero-order valence-corrected chi connectivity index (χ0v) is 11.2. The van der Waals surface area contributed by atoms with Gasteiger partial charge in [0.15, 0.2) is 5.76 Å². The lowest BCUT2D eigenvalue weighted by Gasteiger charge is -2.06. The maximum Gasteiger partial charge on any atom is 0.166 e. The normalized spacial score (nSPS) is 11.1. The SMILES string of the molecule is CC(C)c1nc(Cl)cc(-c2occc2Br)n1. The van der Waals surface area contributed by atoms with E-state index in [1.54, 1.807) is 12.3 Å². The first-order valence-electron chi connectivity index (χ1n) is 4.85. The number of nitrogens with zero attached hydrogens (tertiary/aromatic N) is 2. The Morgan fingerprint density at radius 2 is 2.12 bits per heavy atom. The lowest BCUT2D eigenvalue weighted by atomic mass is 10.2. The third-order valence-corrected chi connectivity index (χ3v) is 2.90. The Morgan fingerprint density at radius 3 is 2.69 bits per heavy atom. The van der Waals surface area contributed by atoms with Crippen molar-refractivity contribution >= 4 is 27.5 Å².